The van der Waals surface area contributed by atoms with Crippen molar-refractivity contribution >= 4 is 0 Å². The van der Waals surface area contributed by atoms with E-state index in [0.717, 1.165) is 25.7 Å². The van der Waals surface area contributed by atoms with Crippen LogP contribution in [0.2, 0.25) is 0 Å². The summed E-state index contributed by atoms with van der Waals surface area (Å²) in [4.78, 5) is 0. The molecule has 88 valence electrons. The lowest BCUT2D eigenvalue weighted by Gasteiger charge is -2.39. The van der Waals surface area contributed by atoms with Crippen LogP contribution >= 0.6 is 0 Å². The summed E-state index contributed by atoms with van der Waals surface area (Å²) in [6.45, 7) is 9.22. The van der Waals surface area contributed by atoms with E-state index >= 15 is 0 Å². The van der Waals surface area contributed by atoms with Crippen LogP contribution in [0.3, 0.4) is 0 Å². The molecule has 0 bridgehead atoms. The van der Waals surface area contributed by atoms with Gasteiger partial charge in [0.05, 0.1) is 13.2 Å². The molecule has 3 atom stereocenters. The highest BCUT2D eigenvalue weighted by Gasteiger charge is 2.41. The molecule has 2 saturated heterocycles. The van der Waals surface area contributed by atoms with Crippen molar-refractivity contribution < 1.29 is 9.47 Å². The Hall–Kier alpha value is -0.120. The summed E-state index contributed by atoms with van der Waals surface area (Å²) < 4.78 is 11.4. The summed E-state index contributed by atoms with van der Waals surface area (Å²) >= 11 is 0. The SMILES string of the molecule is CC1CCC(C(C)C2(C)OCCO2)NC1. The lowest BCUT2D eigenvalue weighted by atomic mass is 9.85. The molecule has 2 heterocycles. The van der Waals surface area contributed by atoms with Crippen molar-refractivity contribution in [3.8, 4) is 0 Å². The Morgan fingerprint density at radius 1 is 1.27 bits per heavy atom. The Morgan fingerprint density at radius 2 is 1.93 bits per heavy atom. The topological polar surface area (TPSA) is 30.5 Å². The van der Waals surface area contributed by atoms with Gasteiger partial charge in [-0.2, -0.15) is 0 Å². The Labute approximate surface area is 92.5 Å². The third-order valence-electron chi connectivity index (χ3n) is 3.99. The van der Waals surface area contributed by atoms with Crippen molar-refractivity contribution in [2.24, 2.45) is 11.8 Å². The highest BCUT2D eigenvalue weighted by Crippen LogP contribution is 2.32. The van der Waals surface area contributed by atoms with Gasteiger partial charge in [-0.15, -0.1) is 0 Å². The second-order valence-corrected chi connectivity index (χ2v) is 5.20. The first-order valence-electron chi connectivity index (χ1n) is 6.13. The summed E-state index contributed by atoms with van der Waals surface area (Å²) in [5.74, 6) is 0.872. The molecule has 0 amide bonds. The minimum Gasteiger partial charge on any atom is -0.347 e. The number of piperidine rings is 1. The van der Waals surface area contributed by atoms with Crippen LogP contribution in [0.4, 0.5) is 0 Å². The van der Waals surface area contributed by atoms with Crippen LogP contribution in [0.5, 0.6) is 0 Å². The van der Waals surface area contributed by atoms with E-state index in [-0.39, 0.29) is 5.79 Å². The Balaban J connectivity index is 1.92. The van der Waals surface area contributed by atoms with Gasteiger partial charge in [0.1, 0.15) is 0 Å². The summed E-state index contributed by atoms with van der Waals surface area (Å²) in [7, 11) is 0. The number of rotatable bonds is 2. The van der Waals surface area contributed by atoms with Crippen molar-refractivity contribution in [2.45, 2.75) is 45.4 Å². The number of hydrogen-bond acceptors (Lipinski definition) is 3. The minimum atomic E-state index is -0.363. The van der Waals surface area contributed by atoms with Gasteiger partial charge in [0.2, 0.25) is 0 Å². The lowest BCUT2D eigenvalue weighted by molar-refractivity contribution is -0.185. The van der Waals surface area contributed by atoms with Gasteiger partial charge in [-0.05, 0) is 32.2 Å². The Bertz CT molecular complexity index is 206. The summed E-state index contributed by atoms with van der Waals surface area (Å²) in [6.07, 6.45) is 2.56. The first kappa shape index (κ1) is 11.4. The van der Waals surface area contributed by atoms with Crippen LogP contribution in [0.1, 0.15) is 33.6 Å². The predicted molar refractivity (Wildman–Crippen MR) is 59.7 cm³/mol. The van der Waals surface area contributed by atoms with Gasteiger partial charge >= 0.3 is 0 Å². The second kappa shape index (κ2) is 4.40. The third kappa shape index (κ3) is 2.35. The molecule has 0 aromatic rings. The fraction of sp³-hybridized carbons (Fsp3) is 1.00. The number of hydrogen-bond donors (Lipinski definition) is 1. The van der Waals surface area contributed by atoms with Gasteiger partial charge in [-0.3, -0.25) is 0 Å². The van der Waals surface area contributed by atoms with Gasteiger partial charge in [-0.1, -0.05) is 13.8 Å². The van der Waals surface area contributed by atoms with Crippen LogP contribution in [0.15, 0.2) is 0 Å². The molecule has 2 aliphatic rings. The van der Waals surface area contributed by atoms with Crippen molar-refractivity contribution in [3.63, 3.8) is 0 Å². The Kier molecular flexibility index (Phi) is 3.33. The molecule has 0 aromatic heterocycles. The fourth-order valence-electron chi connectivity index (χ4n) is 2.61. The first-order chi connectivity index (χ1) is 7.12. The zero-order chi connectivity index (χ0) is 10.9. The van der Waals surface area contributed by atoms with Crippen LogP contribution in [0, 0.1) is 11.8 Å². The molecule has 3 heteroatoms. The van der Waals surface area contributed by atoms with Crippen molar-refractivity contribution in [1.29, 1.82) is 0 Å². The van der Waals surface area contributed by atoms with E-state index in [2.05, 4.69) is 26.1 Å². The Morgan fingerprint density at radius 3 is 2.47 bits per heavy atom. The van der Waals surface area contributed by atoms with E-state index in [9.17, 15) is 0 Å². The highest BCUT2D eigenvalue weighted by molar-refractivity contribution is 4.88. The molecule has 0 aliphatic carbocycles. The molecule has 0 radical (unpaired) electrons. The third-order valence-corrected chi connectivity index (χ3v) is 3.99. The molecular weight excluding hydrogens is 190 g/mol. The van der Waals surface area contributed by atoms with Gasteiger partial charge in [-0.25, -0.2) is 0 Å². The summed E-state index contributed by atoms with van der Waals surface area (Å²) in [5, 5.41) is 3.61. The molecule has 2 aliphatic heterocycles. The molecule has 3 nitrogen and oxygen atoms in total. The molecular formula is C12H23NO2. The summed E-state index contributed by atoms with van der Waals surface area (Å²) in [5.41, 5.74) is 0. The van der Waals surface area contributed by atoms with E-state index < -0.39 is 0 Å². The molecule has 2 fully saturated rings. The maximum Gasteiger partial charge on any atom is 0.169 e. The van der Waals surface area contributed by atoms with Crippen molar-refractivity contribution in [2.75, 3.05) is 19.8 Å². The monoisotopic (exact) mass is 213 g/mol. The van der Waals surface area contributed by atoms with Gasteiger partial charge in [0.25, 0.3) is 0 Å². The van der Waals surface area contributed by atoms with E-state index in [1.807, 2.05) is 0 Å². The lowest BCUT2D eigenvalue weighted by Crippen LogP contribution is -2.50. The van der Waals surface area contributed by atoms with Crippen LogP contribution in [0.25, 0.3) is 0 Å². The first-order valence-corrected chi connectivity index (χ1v) is 6.13. The maximum atomic E-state index is 5.72. The molecule has 15 heavy (non-hydrogen) atoms. The number of ether oxygens (including phenoxy) is 2. The molecule has 0 saturated carbocycles. The zero-order valence-corrected chi connectivity index (χ0v) is 10.1. The second-order valence-electron chi connectivity index (χ2n) is 5.20. The maximum absolute atomic E-state index is 5.72. The normalized spacial score (nSPS) is 37.8. The van der Waals surface area contributed by atoms with Crippen LogP contribution < -0.4 is 5.32 Å². The fourth-order valence-corrected chi connectivity index (χ4v) is 2.61. The van der Waals surface area contributed by atoms with E-state index in [4.69, 9.17) is 9.47 Å². The van der Waals surface area contributed by atoms with Gasteiger partial charge in [0.15, 0.2) is 5.79 Å². The van der Waals surface area contributed by atoms with Crippen LogP contribution in [-0.4, -0.2) is 31.6 Å². The van der Waals surface area contributed by atoms with Gasteiger partial charge in [0, 0.05) is 12.0 Å². The standard InChI is InChI=1S/C12H23NO2/c1-9-4-5-11(13-8-9)10(2)12(3)14-6-7-15-12/h9-11,13H,4-8H2,1-3H3. The average Bonchev–Trinajstić information content (AvgIpc) is 2.67. The average molecular weight is 213 g/mol. The quantitative estimate of drug-likeness (QED) is 0.758. The molecule has 2 rings (SSSR count). The van der Waals surface area contributed by atoms with Crippen LogP contribution in [-0.2, 0) is 9.47 Å². The highest BCUT2D eigenvalue weighted by atomic mass is 16.7. The van der Waals surface area contributed by atoms with Crippen molar-refractivity contribution in [3.05, 3.63) is 0 Å². The largest absolute Gasteiger partial charge is 0.347 e. The molecule has 0 spiro atoms. The van der Waals surface area contributed by atoms with E-state index in [1.165, 1.54) is 12.8 Å². The molecule has 1 N–H and O–H groups in total. The van der Waals surface area contributed by atoms with Crippen molar-refractivity contribution in [1.82, 2.24) is 5.32 Å². The van der Waals surface area contributed by atoms with E-state index in [0.29, 0.717) is 12.0 Å². The molecule has 3 unspecified atom stereocenters. The molecule has 0 aromatic carbocycles. The smallest absolute Gasteiger partial charge is 0.169 e. The zero-order valence-electron chi connectivity index (χ0n) is 10.1. The number of nitrogens with one attached hydrogen (secondary N) is 1. The van der Waals surface area contributed by atoms with E-state index in [1.54, 1.807) is 0 Å². The summed E-state index contributed by atoms with van der Waals surface area (Å²) in [6, 6.07) is 0.546. The minimum absolute atomic E-state index is 0.363. The van der Waals surface area contributed by atoms with Gasteiger partial charge < -0.3 is 14.8 Å². The predicted octanol–water partition coefficient (Wildman–Crippen LogP) is 1.77.